The van der Waals surface area contributed by atoms with E-state index < -0.39 is 11.6 Å². The van der Waals surface area contributed by atoms with E-state index in [-0.39, 0.29) is 6.54 Å². The average molecular weight is 316 g/mol. The molecule has 0 aliphatic rings. The monoisotopic (exact) mass is 315 g/mol. The number of esters is 1. The van der Waals surface area contributed by atoms with Crippen molar-refractivity contribution in [2.24, 2.45) is 0 Å². The molecule has 0 spiro atoms. The Morgan fingerprint density at radius 2 is 1.94 bits per heavy atom. The molecule has 1 aromatic carbocycles. The third-order valence-corrected chi connectivity index (χ3v) is 3.95. The van der Waals surface area contributed by atoms with E-state index in [1.807, 2.05) is 26.0 Å². The zero-order valence-electron chi connectivity index (χ0n) is 11.0. The Bertz CT molecular complexity index is 435. The molecule has 0 fully saturated rings. The van der Waals surface area contributed by atoms with Crippen LogP contribution >= 0.6 is 15.9 Å². The first-order valence-electron chi connectivity index (χ1n) is 5.59. The van der Waals surface area contributed by atoms with Gasteiger partial charge in [0.15, 0.2) is 5.60 Å². The molecule has 0 saturated carbocycles. The van der Waals surface area contributed by atoms with E-state index in [0.29, 0.717) is 0 Å². The predicted octanol–water partition coefficient (Wildman–Crippen LogP) is 2.40. The number of aryl methyl sites for hydroxylation is 2. The maximum absolute atomic E-state index is 11.3. The van der Waals surface area contributed by atoms with Gasteiger partial charge in [-0.15, -0.1) is 0 Å². The van der Waals surface area contributed by atoms with Crippen molar-refractivity contribution in [2.75, 3.05) is 19.0 Å². The molecule has 0 amide bonds. The Labute approximate surface area is 115 Å². The number of carbonyl (C=O) groups is 1. The Morgan fingerprint density at radius 3 is 2.39 bits per heavy atom. The third-order valence-electron chi connectivity index (χ3n) is 2.70. The first kappa shape index (κ1) is 15.0. The van der Waals surface area contributed by atoms with Crippen LogP contribution in [-0.4, -0.2) is 30.3 Å². The predicted molar refractivity (Wildman–Crippen MR) is 74.7 cm³/mol. The highest BCUT2D eigenvalue weighted by molar-refractivity contribution is 9.10. The number of ether oxygens (including phenoxy) is 1. The lowest BCUT2D eigenvalue weighted by Crippen LogP contribution is -2.42. The van der Waals surface area contributed by atoms with Gasteiger partial charge in [-0.3, -0.25) is 0 Å². The van der Waals surface area contributed by atoms with Crippen molar-refractivity contribution in [1.82, 2.24) is 0 Å². The summed E-state index contributed by atoms with van der Waals surface area (Å²) in [5, 5.41) is 12.9. The average Bonchev–Trinajstić information content (AvgIpc) is 2.32. The summed E-state index contributed by atoms with van der Waals surface area (Å²) in [6.07, 6.45) is 0. The fourth-order valence-corrected chi connectivity index (χ4v) is 1.84. The fourth-order valence-electron chi connectivity index (χ4n) is 1.61. The molecule has 0 aliphatic carbocycles. The molecule has 0 bridgehead atoms. The number of hydrogen-bond acceptors (Lipinski definition) is 4. The number of benzene rings is 1. The second-order valence-electron chi connectivity index (χ2n) is 4.54. The summed E-state index contributed by atoms with van der Waals surface area (Å²) in [7, 11) is 1.25. The van der Waals surface area contributed by atoms with Crippen LogP contribution in [0.15, 0.2) is 16.6 Å². The maximum atomic E-state index is 11.3. The highest BCUT2D eigenvalue weighted by Gasteiger charge is 2.31. The zero-order chi connectivity index (χ0) is 13.9. The summed E-state index contributed by atoms with van der Waals surface area (Å²) < 4.78 is 5.60. The van der Waals surface area contributed by atoms with Crippen LogP contribution in [0, 0.1) is 13.8 Å². The first-order chi connectivity index (χ1) is 8.27. The topological polar surface area (TPSA) is 58.6 Å². The normalized spacial score (nSPS) is 13.9. The van der Waals surface area contributed by atoms with E-state index in [0.717, 1.165) is 21.3 Å². The molecule has 1 unspecified atom stereocenters. The molecule has 1 aromatic rings. The second kappa shape index (κ2) is 5.71. The number of nitrogens with one attached hydrogen (secondary N) is 1. The van der Waals surface area contributed by atoms with Gasteiger partial charge < -0.3 is 15.2 Å². The number of hydrogen-bond donors (Lipinski definition) is 2. The molecule has 100 valence electrons. The van der Waals surface area contributed by atoms with Gasteiger partial charge in [0.25, 0.3) is 0 Å². The molecule has 0 heterocycles. The molecule has 4 nitrogen and oxygen atoms in total. The molecular weight excluding hydrogens is 298 g/mol. The maximum Gasteiger partial charge on any atom is 0.339 e. The van der Waals surface area contributed by atoms with Crippen LogP contribution in [0.25, 0.3) is 0 Å². The van der Waals surface area contributed by atoms with E-state index in [4.69, 9.17) is 0 Å². The zero-order valence-corrected chi connectivity index (χ0v) is 12.6. The minimum Gasteiger partial charge on any atom is -0.467 e. The van der Waals surface area contributed by atoms with E-state index in [1.54, 1.807) is 0 Å². The lowest BCUT2D eigenvalue weighted by atomic mass is 10.1. The van der Waals surface area contributed by atoms with Gasteiger partial charge in [0.2, 0.25) is 0 Å². The van der Waals surface area contributed by atoms with Crippen LogP contribution in [0.4, 0.5) is 5.69 Å². The summed E-state index contributed by atoms with van der Waals surface area (Å²) in [6.45, 7) is 5.49. The van der Waals surface area contributed by atoms with E-state index in [1.165, 1.54) is 14.0 Å². The molecule has 0 aromatic heterocycles. The van der Waals surface area contributed by atoms with E-state index >= 15 is 0 Å². The fraction of sp³-hybridized carbons (Fsp3) is 0.462. The van der Waals surface area contributed by atoms with Crippen molar-refractivity contribution < 1.29 is 14.6 Å². The van der Waals surface area contributed by atoms with Gasteiger partial charge in [-0.1, -0.05) is 15.9 Å². The quantitative estimate of drug-likeness (QED) is 0.838. The Morgan fingerprint density at radius 1 is 1.44 bits per heavy atom. The molecule has 1 atom stereocenters. The van der Waals surface area contributed by atoms with Crippen LogP contribution in [0.1, 0.15) is 18.1 Å². The standard InChI is InChI=1S/C13H18BrNO3/c1-8-5-10(6-9(2)11(8)14)15-7-13(3,17)12(16)18-4/h5-6,15,17H,7H2,1-4H3. The van der Waals surface area contributed by atoms with Crippen LogP contribution in [0.2, 0.25) is 0 Å². The minimum absolute atomic E-state index is 0.0974. The molecular formula is C13H18BrNO3. The van der Waals surface area contributed by atoms with Gasteiger partial charge in [0.1, 0.15) is 0 Å². The van der Waals surface area contributed by atoms with Crippen LogP contribution < -0.4 is 5.32 Å². The van der Waals surface area contributed by atoms with Crippen molar-refractivity contribution in [3.05, 3.63) is 27.7 Å². The van der Waals surface area contributed by atoms with E-state index in [9.17, 15) is 9.90 Å². The molecule has 18 heavy (non-hydrogen) atoms. The number of methoxy groups -OCH3 is 1. The Hall–Kier alpha value is -1.07. The van der Waals surface area contributed by atoms with Crippen LogP contribution in [0.3, 0.4) is 0 Å². The van der Waals surface area contributed by atoms with Crippen molar-refractivity contribution in [1.29, 1.82) is 0 Å². The molecule has 0 saturated heterocycles. The number of anilines is 1. The summed E-state index contributed by atoms with van der Waals surface area (Å²) in [6, 6.07) is 3.90. The summed E-state index contributed by atoms with van der Waals surface area (Å²) in [4.78, 5) is 11.3. The number of halogens is 1. The molecule has 0 aliphatic heterocycles. The van der Waals surface area contributed by atoms with Gasteiger partial charge in [0, 0.05) is 10.2 Å². The Kier molecular flexibility index (Phi) is 4.76. The highest BCUT2D eigenvalue weighted by atomic mass is 79.9. The van der Waals surface area contributed by atoms with Crippen molar-refractivity contribution in [2.45, 2.75) is 26.4 Å². The molecule has 0 radical (unpaired) electrons. The number of aliphatic hydroxyl groups is 1. The van der Waals surface area contributed by atoms with Gasteiger partial charge in [-0.2, -0.15) is 0 Å². The largest absolute Gasteiger partial charge is 0.467 e. The van der Waals surface area contributed by atoms with E-state index in [2.05, 4.69) is 26.0 Å². The van der Waals surface area contributed by atoms with Crippen molar-refractivity contribution >= 4 is 27.6 Å². The van der Waals surface area contributed by atoms with Gasteiger partial charge in [-0.25, -0.2) is 4.79 Å². The van der Waals surface area contributed by atoms with Crippen molar-refractivity contribution in [3.63, 3.8) is 0 Å². The Balaban J connectivity index is 2.78. The summed E-state index contributed by atoms with van der Waals surface area (Å²) in [5.74, 6) is -0.652. The number of rotatable bonds is 4. The third kappa shape index (κ3) is 3.46. The smallest absolute Gasteiger partial charge is 0.339 e. The van der Waals surface area contributed by atoms with Gasteiger partial charge in [-0.05, 0) is 44.0 Å². The number of carbonyl (C=O) groups excluding carboxylic acids is 1. The first-order valence-corrected chi connectivity index (χ1v) is 6.38. The SMILES string of the molecule is COC(=O)C(C)(O)CNc1cc(C)c(Br)c(C)c1. The van der Waals surface area contributed by atoms with Crippen LogP contribution in [0.5, 0.6) is 0 Å². The second-order valence-corrected chi connectivity index (χ2v) is 5.34. The van der Waals surface area contributed by atoms with Crippen LogP contribution in [-0.2, 0) is 9.53 Å². The molecule has 5 heteroatoms. The molecule has 2 N–H and O–H groups in total. The highest BCUT2D eigenvalue weighted by Crippen LogP contribution is 2.25. The van der Waals surface area contributed by atoms with Gasteiger partial charge >= 0.3 is 5.97 Å². The lowest BCUT2D eigenvalue weighted by Gasteiger charge is -2.21. The van der Waals surface area contributed by atoms with Gasteiger partial charge in [0.05, 0.1) is 13.7 Å². The summed E-state index contributed by atoms with van der Waals surface area (Å²) in [5.41, 5.74) is 1.51. The van der Waals surface area contributed by atoms with Crippen molar-refractivity contribution in [3.8, 4) is 0 Å². The minimum atomic E-state index is -1.54. The summed E-state index contributed by atoms with van der Waals surface area (Å²) >= 11 is 3.49. The lowest BCUT2D eigenvalue weighted by molar-refractivity contribution is -0.158. The molecule has 1 rings (SSSR count).